The Balaban J connectivity index is 1.32. The molecule has 0 unspecified atom stereocenters. The van der Waals surface area contributed by atoms with Gasteiger partial charge in [0.1, 0.15) is 16.8 Å². The first-order valence-corrected chi connectivity index (χ1v) is 15.5. The van der Waals surface area contributed by atoms with Crippen molar-refractivity contribution in [2.45, 2.75) is 51.3 Å². The molecule has 8 nitrogen and oxygen atoms in total. The number of fused-ring (bicyclic) bond motifs is 1. The quantitative estimate of drug-likeness (QED) is 0.411. The Hall–Kier alpha value is -2.81. The number of benzene rings is 2. The molecule has 0 radical (unpaired) electrons. The van der Waals surface area contributed by atoms with Gasteiger partial charge in [-0.05, 0) is 74.5 Å². The molecule has 1 fully saturated rings. The van der Waals surface area contributed by atoms with Gasteiger partial charge in [-0.1, -0.05) is 18.2 Å². The Morgan fingerprint density at radius 1 is 1.29 bits per heavy atom. The van der Waals surface area contributed by atoms with Crippen LogP contribution in [0.4, 0.5) is 0 Å². The second-order valence-electron chi connectivity index (χ2n) is 10.3. The Labute approximate surface area is 228 Å². The van der Waals surface area contributed by atoms with E-state index in [0.717, 1.165) is 58.9 Å². The van der Waals surface area contributed by atoms with Gasteiger partial charge in [0, 0.05) is 36.9 Å². The number of ether oxygens (including phenoxy) is 1. The topological polar surface area (TPSA) is 121 Å². The predicted molar refractivity (Wildman–Crippen MR) is 150 cm³/mol. The minimum absolute atomic E-state index is 0.0168. The maximum Gasteiger partial charge on any atom is 0.213 e. The standard InChI is InChI=1S/C28H33N5O3S2/c1-18(2)36-26-9-6-19(14-20(26)15-29)28-31-16-27(37-28)24-5-3-4-23-22(24)7-8-25(23)32-38(34,35)13-12-33-11-10-21(30)17-33/h3-6,9,14,16,18,21,25,32H,7-8,10-13,17,30H2,1-2H3/t21-,25+/m0/s1. The van der Waals surface area contributed by atoms with E-state index < -0.39 is 10.0 Å². The van der Waals surface area contributed by atoms with Crippen LogP contribution in [0.15, 0.2) is 42.6 Å². The maximum atomic E-state index is 12.9. The van der Waals surface area contributed by atoms with E-state index in [-0.39, 0.29) is 23.9 Å². The lowest BCUT2D eigenvalue weighted by atomic mass is 10.0. The summed E-state index contributed by atoms with van der Waals surface area (Å²) in [6, 6.07) is 13.8. The minimum atomic E-state index is -3.42. The van der Waals surface area contributed by atoms with Crippen molar-refractivity contribution in [2.24, 2.45) is 5.73 Å². The number of nitrogens with two attached hydrogens (primary N) is 1. The van der Waals surface area contributed by atoms with Crippen molar-refractivity contribution >= 4 is 21.4 Å². The van der Waals surface area contributed by atoms with E-state index in [1.54, 1.807) is 11.3 Å². The van der Waals surface area contributed by atoms with Crippen molar-refractivity contribution in [3.05, 3.63) is 59.3 Å². The van der Waals surface area contributed by atoms with Gasteiger partial charge in [0.2, 0.25) is 10.0 Å². The second-order valence-corrected chi connectivity index (χ2v) is 13.2. The van der Waals surface area contributed by atoms with Gasteiger partial charge in [-0.2, -0.15) is 5.26 Å². The van der Waals surface area contributed by atoms with E-state index >= 15 is 0 Å². The molecule has 1 aromatic heterocycles. The van der Waals surface area contributed by atoms with Gasteiger partial charge in [-0.15, -0.1) is 11.3 Å². The lowest BCUT2D eigenvalue weighted by Crippen LogP contribution is -2.36. The van der Waals surface area contributed by atoms with Crippen LogP contribution in [0.3, 0.4) is 0 Å². The molecule has 10 heteroatoms. The van der Waals surface area contributed by atoms with Crippen LogP contribution in [0.1, 0.15) is 49.4 Å². The van der Waals surface area contributed by atoms with E-state index in [4.69, 9.17) is 10.5 Å². The number of sulfonamides is 1. The average molecular weight is 552 g/mol. The summed E-state index contributed by atoms with van der Waals surface area (Å²) < 4.78 is 34.4. The largest absolute Gasteiger partial charge is 0.490 e. The molecule has 1 aliphatic carbocycles. The number of aromatic nitrogens is 1. The molecule has 3 aromatic rings. The summed E-state index contributed by atoms with van der Waals surface area (Å²) in [6.07, 6.45) is 4.29. The van der Waals surface area contributed by atoms with Gasteiger partial charge in [0.05, 0.1) is 22.3 Å². The molecule has 2 aliphatic rings. The van der Waals surface area contributed by atoms with E-state index in [2.05, 4.69) is 26.7 Å². The molecule has 0 bridgehead atoms. The van der Waals surface area contributed by atoms with Crippen molar-refractivity contribution < 1.29 is 13.2 Å². The molecular formula is C28H33N5O3S2. The third-order valence-electron chi connectivity index (χ3n) is 7.06. The summed E-state index contributed by atoms with van der Waals surface area (Å²) in [7, 11) is -3.42. The molecule has 2 atom stereocenters. The lowest BCUT2D eigenvalue weighted by Gasteiger charge is -2.18. The van der Waals surface area contributed by atoms with Crippen LogP contribution in [0.25, 0.3) is 21.0 Å². The molecule has 200 valence electrons. The zero-order valence-corrected chi connectivity index (χ0v) is 23.3. The van der Waals surface area contributed by atoms with E-state index in [1.165, 1.54) is 5.56 Å². The van der Waals surface area contributed by atoms with Crippen molar-refractivity contribution in [1.29, 1.82) is 5.26 Å². The summed E-state index contributed by atoms with van der Waals surface area (Å²) in [5, 5.41) is 10.4. The monoisotopic (exact) mass is 551 g/mol. The Morgan fingerprint density at radius 3 is 2.87 bits per heavy atom. The zero-order chi connectivity index (χ0) is 26.9. The number of hydrogen-bond acceptors (Lipinski definition) is 8. The highest BCUT2D eigenvalue weighted by Crippen LogP contribution is 2.41. The molecule has 5 rings (SSSR count). The molecule has 0 saturated carbocycles. The smallest absolute Gasteiger partial charge is 0.213 e. The van der Waals surface area contributed by atoms with Crippen molar-refractivity contribution in [1.82, 2.24) is 14.6 Å². The number of nitriles is 1. The van der Waals surface area contributed by atoms with Gasteiger partial charge in [-0.25, -0.2) is 18.1 Å². The van der Waals surface area contributed by atoms with E-state index in [1.807, 2.05) is 50.4 Å². The SMILES string of the molecule is CC(C)Oc1ccc(-c2ncc(-c3cccc4c3CC[C@H]4NS(=O)(=O)CCN3CC[C@H](N)C3)s2)cc1C#N. The molecule has 2 heterocycles. The first kappa shape index (κ1) is 26.8. The Kier molecular flexibility index (Phi) is 7.84. The van der Waals surface area contributed by atoms with Gasteiger partial charge in [0.25, 0.3) is 0 Å². The number of likely N-dealkylation sites (tertiary alicyclic amines) is 1. The number of hydrogen-bond donors (Lipinski definition) is 2. The van der Waals surface area contributed by atoms with Crippen LogP contribution in [0.5, 0.6) is 5.75 Å². The Morgan fingerprint density at radius 2 is 2.13 bits per heavy atom. The number of rotatable bonds is 9. The second kappa shape index (κ2) is 11.1. The summed E-state index contributed by atoms with van der Waals surface area (Å²) in [4.78, 5) is 7.78. The van der Waals surface area contributed by atoms with Crippen LogP contribution >= 0.6 is 11.3 Å². The number of nitrogens with one attached hydrogen (secondary N) is 1. The van der Waals surface area contributed by atoms with Crippen LogP contribution in [-0.4, -0.2) is 55.8 Å². The molecule has 2 aromatic carbocycles. The van der Waals surface area contributed by atoms with Gasteiger partial charge in [0.15, 0.2) is 0 Å². The zero-order valence-electron chi connectivity index (χ0n) is 21.7. The first-order chi connectivity index (χ1) is 18.2. The predicted octanol–water partition coefficient (Wildman–Crippen LogP) is 4.08. The average Bonchev–Trinajstić information content (AvgIpc) is 3.63. The number of nitrogens with zero attached hydrogens (tertiary/aromatic N) is 3. The van der Waals surface area contributed by atoms with E-state index in [0.29, 0.717) is 17.9 Å². The summed E-state index contributed by atoms with van der Waals surface area (Å²) in [5.74, 6) is 0.649. The van der Waals surface area contributed by atoms with Crippen LogP contribution in [0.2, 0.25) is 0 Å². The third-order valence-corrected chi connectivity index (χ3v) is 9.50. The fraction of sp³-hybridized carbons (Fsp3) is 0.429. The number of thiazole rings is 1. The summed E-state index contributed by atoms with van der Waals surface area (Å²) >= 11 is 1.57. The van der Waals surface area contributed by atoms with Crippen LogP contribution in [-0.2, 0) is 16.4 Å². The highest BCUT2D eigenvalue weighted by atomic mass is 32.2. The van der Waals surface area contributed by atoms with E-state index in [9.17, 15) is 13.7 Å². The molecule has 0 spiro atoms. The molecule has 1 aliphatic heterocycles. The summed E-state index contributed by atoms with van der Waals surface area (Å²) in [5.41, 5.74) is 10.6. The van der Waals surface area contributed by atoms with Gasteiger partial charge >= 0.3 is 0 Å². The summed E-state index contributed by atoms with van der Waals surface area (Å²) in [6.45, 7) is 5.98. The van der Waals surface area contributed by atoms with Crippen LogP contribution in [0, 0.1) is 11.3 Å². The highest BCUT2D eigenvalue weighted by Gasteiger charge is 2.29. The molecular weight excluding hydrogens is 518 g/mol. The van der Waals surface area contributed by atoms with Crippen molar-refractivity contribution in [2.75, 3.05) is 25.4 Å². The first-order valence-electron chi connectivity index (χ1n) is 13.0. The van der Waals surface area contributed by atoms with Crippen LogP contribution < -0.4 is 15.2 Å². The Bertz CT molecular complexity index is 1460. The lowest BCUT2D eigenvalue weighted by molar-refractivity contribution is 0.242. The minimum Gasteiger partial charge on any atom is -0.490 e. The van der Waals surface area contributed by atoms with Gasteiger partial charge < -0.3 is 15.4 Å². The normalized spacial score (nSPS) is 19.6. The molecule has 38 heavy (non-hydrogen) atoms. The fourth-order valence-electron chi connectivity index (χ4n) is 5.24. The molecule has 1 saturated heterocycles. The molecule has 0 amide bonds. The third kappa shape index (κ3) is 5.92. The fourth-order valence-corrected chi connectivity index (χ4v) is 7.50. The van der Waals surface area contributed by atoms with Crippen molar-refractivity contribution in [3.8, 4) is 32.8 Å². The van der Waals surface area contributed by atoms with Gasteiger partial charge in [-0.3, -0.25) is 0 Å². The van der Waals surface area contributed by atoms with Crippen molar-refractivity contribution in [3.63, 3.8) is 0 Å². The highest BCUT2D eigenvalue weighted by molar-refractivity contribution is 7.89. The molecule has 3 N–H and O–H groups in total. The maximum absolute atomic E-state index is 12.9.